The van der Waals surface area contributed by atoms with E-state index in [0.29, 0.717) is 13.0 Å². The summed E-state index contributed by atoms with van der Waals surface area (Å²) in [5.74, 6) is 0.244. The molecule has 3 rings (SSSR count). The zero-order chi connectivity index (χ0) is 16.3. The van der Waals surface area contributed by atoms with Gasteiger partial charge >= 0.3 is 0 Å². The van der Waals surface area contributed by atoms with Crippen LogP contribution in [0.3, 0.4) is 0 Å². The van der Waals surface area contributed by atoms with Gasteiger partial charge < -0.3 is 15.2 Å². The summed E-state index contributed by atoms with van der Waals surface area (Å²) in [4.78, 5) is 12.6. The molecule has 1 heterocycles. The molecule has 1 aromatic carbocycles. The average Bonchev–Trinajstić information content (AvgIpc) is 3.18. The van der Waals surface area contributed by atoms with E-state index in [1.165, 1.54) is 0 Å². The minimum atomic E-state index is -0.311. The van der Waals surface area contributed by atoms with Gasteiger partial charge in [0, 0.05) is 12.7 Å². The smallest absolute Gasteiger partial charge is 0.239 e. The second kappa shape index (κ2) is 6.86. The predicted octanol–water partition coefficient (Wildman–Crippen LogP) is 1.38. The Morgan fingerprint density at radius 1 is 1.35 bits per heavy atom. The Kier molecular flexibility index (Phi) is 4.84. The second-order valence-corrected chi connectivity index (χ2v) is 6.60. The van der Waals surface area contributed by atoms with E-state index in [4.69, 9.17) is 4.74 Å². The highest BCUT2D eigenvalue weighted by Gasteiger charge is 2.39. The molecule has 0 aromatic heterocycles. The molecule has 2 fully saturated rings. The standard InChI is InChI=1S/C17H25N3O3/c1-23-11-17(8-4-5-9-17)18-16(22)14-10-13(19-20-14)12-6-2-3-7-15(12)21/h2-3,6-7,13-14,19-21H,4-5,8-11H2,1H3,(H,18,22). The molecule has 1 amide bonds. The molecule has 1 aliphatic heterocycles. The van der Waals surface area contributed by atoms with Gasteiger partial charge in [-0.15, -0.1) is 0 Å². The molecule has 2 unspecified atom stereocenters. The molecule has 126 valence electrons. The molecule has 0 bridgehead atoms. The number of hydrazine groups is 1. The summed E-state index contributed by atoms with van der Waals surface area (Å²) in [7, 11) is 1.68. The minimum Gasteiger partial charge on any atom is -0.508 e. The number of phenolic OH excluding ortho intramolecular Hbond substituents is 1. The van der Waals surface area contributed by atoms with Crippen LogP contribution in [0, 0.1) is 0 Å². The first-order chi connectivity index (χ1) is 11.1. The summed E-state index contributed by atoms with van der Waals surface area (Å²) < 4.78 is 5.32. The Labute approximate surface area is 136 Å². The number of phenols is 1. The molecule has 1 saturated heterocycles. The molecule has 6 heteroatoms. The summed E-state index contributed by atoms with van der Waals surface area (Å²) in [6.07, 6.45) is 4.79. The second-order valence-electron chi connectivity index (χ2n) is 6.60. The zero-order valence-electron chi connectivity index (χ0n) is 13.5. The Bertz CT molecular complexity index is 558. The van der Waals surface area contributed by atoms with Crippen molar-refractivity contribution in [2.24, 2.45) is 0 Å². The predicted molar refractivity (Wildman–Crippen MR) is 86.7 cm³/mol. The highest BCUT2D eigenvalue weighted by atomic mass is 16.5. The number of nitrogens with one attached hydrogen (secondary N) is 3. The molecular formula is C17H25N3O3. The Balaban J connectivity index is 1.62. The monoisotopic (exact) mass is 319 g/mol. The molecule has 6 nitrogen and oxygen atoms in total. The van der Waals surface area contributed by atoms with Crippen LogP contribution in [-0.4, -0.2) is 36.3 Å². The van der Waals surface area contributed by atoms with Crippen LogP contribution in [0.2, 0.25) is 0 Å². The highest BCUT2D eigenvalue weighted by Crippen LogP contribution is 2.32. The number of hydrogen-bond acceptors (Lipinski definition) is 5. The number of hydrogen-bond donors (Lipinski definition) is 4. The lowest BCUT2D eigenvalue weighted by molar-refractivity contribution is -0.125. The largest absolute Gasteiger partial charge is 0.508 e. The third kappa shape index (κ3) is 3.49. The van der Waals surface area contributed by atoms with Gasteiger partial charge in [0.1, 0.15) is 11.8 Å². The van der Waals surface area contributed by atoms with Crippen molar-refractivity contribution in [1.82, 2.24) is 16.2 Å². The highest BCUT2D eigenvalue weighted by molar-refractivity contribution is 5.83. The third-order valence-corrected chi connectivity index (χ3v) is 4.90. The maximum absolute atomic E-state index is 12.6. The third-order valence-electron chi connectivity index (χ3n) is 4.90. The lowest BCUT2D eigenvalue weighted by Gasteiger charge is -2.30. The van der Waals surface area contributed by atoms with Crippen molar-refractivity contribution >= 4 is 5.91 Å². The Morgan fingerprint density at radius 2 is 2.09 bits per heavy atom. The number of rotatable bonds is 5. The van der Waals surface area contributed by atoms with E-state index in [0.717, 1.165) is 31.2 Å². The number of amides is 1. The number of para-hydroxylation sites is 1. The number of aromatic hydroxyl groups is 1. The van der Waals surface area contributed by atoms with Crippen LogP contribution in [0.15, 0.2) is 24.3 Å². The van der Waals surface area contributed by atoms with Gasteiger partial charge in [-0.1, -0.05) is 31.0 Å². The van der Waals surface area contributed by atoms with E-state index in [1.807, 2.05) is 12.1 Å². The van der Waals surface area contributed by atoms with Gasteiger partial charge in [0.2, 0.25) is 5.91 Å². The summed E-state index contributed by atoms with van der Waals surface area (Å²) >= 11 is 0. The fourth-order valence-corrected chi connectivity index (χ4v) is 3.70. The van der Waals surface area contributed by atoms with E-state index in [9.17, 15) is 9.90 Å². The van der Waals surface area contributed by atoms with Crippen molar-refractivity contribution in [2.45, 2.75) is 49.7 Å². The van der Waals surface area contributed by atoms with Crippen LogP contribution in [-0.2, 0) is 9.53 Å². The van der Waals surface area contributed by atoms with Crippen molar-refractivity contribution in [1.29, 1.82) is 0 Å². The number of carbonyl (C=O) groups is 1. The lowest BCUT2D eigenvalue weighted by Crippen LogP contribution is -2.55. The van der Waals surface area contributed by atoms with E-state index in [2.05, 4.69) is 16.2 Å². The van der Waals surface area contributed by atoms with Crippen molar-refractivity contribution in [3.05, 3.63) is 29.8 Å². The van der Waals surface area contributed by atoms with E-state index in [1.54, 1.807) is 19.2 Å². The maximum Gasteiger partial charge on any atom is 0.239 e. The first kappa shape index (κ1) is 16.2. The van der Waals surface area contributed by atoms with Crippen LogP contribution in [0.1, 0.15) is 43.7 Å². The van der Waals surface area contributed by atoms with Gasteiger partial charge in [0.15, 0.2) is 0 Å². The SMILES string of the molecule is COCC1(NC(=O)C2CC(c3ccccc3O)NN2)CCCC1. The molecule has 0 radical (unpaired) electrons. The van der Waals surface area contributed by atoms with Crippen LogP contribution >= 0.6 is 0 Å². The molecule has 23 heavy (non-hydrogen) atoms. The van der Waals surface area contributed by atoms with Gasteiger partial charge in [-0.05, 0) is 25.3 Å². The van der Waals surface area contributed by atoms with E-state index in [-0.39, 0.29) is 29.3 Å². The van der Waals surface area contributed by atoms with Gasteiger partial charge in [0.25, 0.3) is 0 Å². The Hall–Kier alpha value is -1.63. The Morgan fingerprint density at radius 3 is 2.78 bits per heavy atom. The topological polar surface area (TPSA) is 82.6 Å². The van der Waals surface area contributed by atoms with Crippen LogP contribution in [0.4, 0.5) is 0 Å². The van der Waals surface area contributed by atoms with Crippen molar-refractivity contribution < 1.29 is 14.6 Å². The maximum atomic E-state index is 12.6. The fraction of sp³-hybridized carbons (Fsp3) is 0.588. The van der Waals surface area contributed by atoms with Crippen molar-refractivity contribution in [2.75, 3.05) is 13.7 Å². The van der Waals surface area contributed by atoms with Crippen molar-refractivity contribution in [3.8, 4) is 5.75 Å². The van der Waals surface area contributed by atoms with Gasteiger partial charge in [-0.25, -0.2) is 10.9 Å². The summed E-state index contributed by atoms with van der Waals surface area (Å²) in [5, 5.41) is 13.1. The fourth-order valence-electron chi connectivity index (χ4n) is 3.70. The van der Waals surface area contributed by atoms with Gasteiger partial charge in [-0.2, -0.15) is 0 Å². The molecule has 0 spiro atoms. The molecule has 1 aromatic rings. The van der Waals surface area contributed by atoms with Gasteiger partial charge in [0.05, 0.1) is 18.2 Å². The molecule has 1 aliphatic carbocycles. The normalized spacial score (nSPS) is 26.3. The first-order valence-electron chi connectivity index (χ1n) is 8.23. The summed E-state index contributed by atoms with van der Waals surface area (Å²) in [6.45, 7) is 0.557. The van der Waals surface area contributed by atoms with E-state index >= 15 is 0 Å². The molecular weight excluding hydrogens is 294 g/mol. The number of carbonyl (C=O) groups excluding carboxylic acids is 1. The lowest BCUT2D eigenvalue weighted by atomic mass is 9.96. The van der Waals surface area contributed by atoms with Crippen LogP contribution in [0.5, 0.6) is 5.75 Å². The number of benzene rings is 1. The average molecular weight is 319 g/mol. The number of methoxy groups -OCH3 is 1. The summed E-state index contributed by atoms with van der Waals surface area (Å²) in [6, 6.07) is 6.83. The van der Waals surface area contributed by atoms with Crippen molar-refractivity contribution in [3.63, 3.8) is 0 Å². The zero-order valence-corrected chi connectivity index (χ0v) is 13.5. The summed E-state index contributed by atoms with van der Waals surface area (Å²) in [5.41, 5.74) is 6.75. The van der Waals surface area contributed by atoms with Crippen LogP contribution < -0.4 is 16.2 Å². The number of ether oxygens (including phenoxy) is 1. The van der Waals surface area contributed by atoms with Gasteiger partial charge in [-0.3, -0.25) is 4.79 Å². The molecule has 2 aliphatic rings. The quantitative estimate of drug-likeness (QED) is 0.659. The molecule has 2 atom stereocenters. The molecule has 1 saturated carbocycles. The molecule has 4 N–H and O–H groups in total. The minimum absolute atomic E-state index is 0.00521. The first-order valence-corrected chi connectivity index (χ1v) is 8.23. The van der Waals surface area contributed by atoms with E-state index < -0.39 is 0 Å². The van der Waals surface area contributed by atoms with Crippen LogP contribution in [0.25, 0.3) is 0 Å².